The number of hydrogen-bond donors (Lipinski definition) is 0. The average molecular weight is 437 g/mol. The van der Waals surface area contributed by atoms with Crippen LogP contribution in [0, 0.1) is 0 Å². The van der Waals surface area contributed by atoms with E-state index in [1.54, 1.807) is 0 Å². The molecular formula is C32H24N2. The van der Waals surface area contributed by atoms with Crippen molar-refractivity contribution >= 4 is 21.7 Å². The van der Waals surface area contributed by atoms with Gasteiger partial charge in [0.15, 0.2) is 0 Å². The van der Waals surface area contributed by atoms with Crippen LogP contribution in [-0.4, -0.2) is 9.97 Å². The number of nitrogens with zero attached hydrogens (tertiary/aromatic N) is 2. The Morgan fingerprint density at radius 2 is 1.24 bits per heavy atom. The van der Waals surface area contributed by atoms with E-state index >= 15 is 0 Å². The van der Waals surface area contributed by atoms with E-state index in [9.17, 15) is 0 Å². The zero-order chi connectivity index (χ0) is 22.9. The van der Waals surface area contributed by atoms with Crippen LogP contribution in [0.25, 0.3) is 55.2 Å². The molecule has 0 aliphatic rings. The van der Waals surface area contributed by atoms with Gasteiger partial charge in [-0.1, -0.05) is 85.8 Å². The molecule has 6 rings (SSSR count). The Morgan fingerprint density at radius 3 is 1.94 bits per heavy atom. The monoisotopic (exact) mass is 436 g/mol. The zero-order valence-electron chi connectivity index (χ0n) is 19.1. The molecule has 0 unspecified atom stereocenters. The highest BCUT2D eigenvalue weighted by Crippen LogP contribution is 2.30. The highest BCUT2D eigenvalue weighted by molar-refractivity contribution is 5.93. The van der Waals surface area contributed by atoms with Gasteiger partial charge in [0.2, 0.25) is 0 Å². The number of benzene rings is 4. The fourth-order valence-electron chi connectivity index (χ4n) is 4.57. The summed E-state index contributed by atoms with van der Waals surface area (Å²) >= 11 is 0. The largest absolute Gasteiger partial charge is 0.256 e. The third-order valence-corrected chi connectivity index (χ3v) is 6.54. The molecular weight excluding hydrogens is 412 g/mol. The molecule has 2 aromatic heterocycles. The van der Waals surface area contributed by atoms with E-state index in [1.165, 1.54) is 33.0 Å². The summed E-state index contributed by atoms with van der Waals surface area (Å²) in [6.07, 6.45) is 4.86. The molecule has 2 nitrogen and oxygen atoms in total. The molecule has 0 saturated carbocycles. The number of para-hydroxylation sites is 1. The van der Waals surface area contributed by atoms with Gasteiger partial charge in [-0.25, -0.2) is 0 Å². The van der Waals surface area contributed by atoms with Gasteiger partial charge in [0.1, 0.15) is 0 Å². The summed E-state index contributed by atoms with van der Waals surface area (Å²) in [5, 5.41) is 3.60. The van der Waals surface area contributed by atoms with Gasteiger partial charge in [-0.15, -0.1) is 0 Å². The van der Waals surface area contributed by atoms with E-state index in [-0.39, 0.29) is 0 Å². The standard InChI is InChI=1S/C32H24N2/c1-2-22-8-10-23(11-9-22)25-12-13-27-20-28(15-14-26(27)19-25)29-16-17-31(34-21-29)30-7-3-5-24-6-4-18-33-32(24)30/h3-21H,2H2,1H3. The van der Waals surface area contributed by atoms with Gasteiger partial charge in [0.25, 0.3) is 0 Å². The quantitative estimate of drug-likeness (QED) is 0.277. The summed E-state index contributed by atoms with van der Waals surface area (Å²) in [5.41, 5.74) is 9.13. The van der Waals surface area contributed by atoms with Crippen LogP contribution in [0.1, 0.15) is 12.5 Å². The topological polar surface area (TPSA) is 25.8 Å². The highest BCUT2D eigenvalue weighted by Gasteiger charge is 2.08. The van der Waals surface area contributed by atoms with E-state index in [4.69, 9.17) is 4.98 Å². The van der Waals surface area contributed by atoms with Gasteiger partial charge >= 0.3 is 0 Å². The van der Waals surface area contributed by atoms with Gasteiger partial charge in [0.05, 0.1) is 11.2 Å². The lowest BCUT2D eigenvalue weighted by Crippen LogP contribution is -1.88. The summed E-state index contributed by atoms with van der Waals surface area (Å²) < 4.78 is 0. The fourth-order valence-corrected chi connectivity index (χ4v) is 4.57. The molecule has 162 valence electrons. The zero-order valence-corrected chi connectivity index (χ0v) is 19.1. The SMILES string of the molecule is CCc1ccc(-c2ccc3cc(-c4ccc(-c5cccc6cccnc56)nc4)ccc3c2)cc1. The molecule has 0 radical (unpaired) electrons. The maximum Gasteiger partial charge on any atom is 0.0795 e. The normalized spacial score (nSPS) is 11.2. The van der Waals surface area contributed by atoms with Gasteiger partial charge in [-0.2, -0.15) is 0 Å². The predicted molar refractivity (Wildman–Crippen MR) is 143 cm³/mol. The van der Waals surface area contributed by atoms with E-state index < -0.39 is 0 Å². The van der Waals surface area contributed by atoms with E-state index in [0.717, 1.165) is 34.1 Å². The number of pyridine rings is 2. The Hall–Kier alpha value is -4.30. The van der Waals surface area contributed by atoms with Crippen molar-refractivity contribution in [3.8, 4) is 33.5 Å². The first-order valence-corrected chi connectivity index (χ1v) is 11.7. The fraction of sp³-hybridized carbons (Fsp3) is 0.0625. The Labute approximate surface area is 199 Å². The van der Waals surface area contributed by atoms with Crippen molar-refractivity contribution in [1.29, 1.82) is 0 Å². The Morgan fingerprint density at radius 1 is 0.559 bits per heavy atom. The highest BCUT2D eigenvalue weighted by atomic mass is 14.7. The van der Waals surface area contributed by atoms with Crippen LogP contribution in [0.3, 0.4) is 0 Å². The molecule has 34 heavy (non-hydrogen) atoms. The van der Waals surface area contributed by atoms with Crippen LogP contribution in [0.4, 0.5) is 0 Å². The van der Waals surface area contributed by atoms with Crippen LogP contribution in [0.5, 0.6) is 0 Å². The molecule has 0 fully saturated rings. The maximum atomic E-state index is 4.78. The van der Waals surface area contributed by atoms with Crippen LogP contribution in [0.15, 0.2) is 116 Å². The summed E-state index contributed by atoms with van der Waals surface area (Å²) in [5.74, 6) is 0. The molecule has 0 saturated heterocycles. The second-order valence-corrected chi connectivity index (χ2v) is 8.64. The van der Waals surface area contributed by atoms with Crippen molar-refractivity contribution in [1.82, 2.24) is 9.97 Å². The number of fused-ring (bicyclic) bond motifs is 2. The first-order chi connectivity index (χ1) is 16.8. The average Bonchev–Trinajstić information content (AvgIpc) is 2.92. The molecule has 0 atom stereocenters. The minimum atomic E-state index is 0.938. The second kappa shape index (κ2) is 8.57. The van der Waals surface area contributed by atoms with Gasteiger partial charge in [0, 0.05) is 28.9 Å². The van der Waals surface area contributed by atoms with Crippen molar-refractivity contribution in [3.05, 3.63) is 121 Å². The molecule has 6 aromatic rings. The Bertz CT molecular complexity index is 1610. The third kappa shape index (κ3) is 3.74. The predicted octanol–water partition coefficient (Wildman–Crippen LogP) is 8.35. The molecule has 0 aliphatic heterocycles. The maximum absolute atomic E-state index is 4.78. The van der Waals surface area contributed by atoms with Crippen LogP contribution in [0.2, 0.25) is 0 Å². The molecule has 4 aromatic carbocycles. The lowest BCUT2D eigenvalue weighted by Gasteiger charge is -2.09. The van der Waals surface area contributed by atoms with Crippen LogP contribution < -0.4 is 0 Å². The summed E-state index contributed by atoms with van der Waals surface area (Å²) in [6.45, 7) is 2.19. The molecule has 0 bridgehead atoms. The molecule has 2 heteroatoms. The van der Waals surface area contributed by atoms with Crippen molar-refractivity contribution in [3.63, 3.8) is 0 Å². The van der Waals surface area contributed by atoms with E-state index in [0.29, 0.717) is 0 Å². The minimum Gasteiger partial charge on any atom is -0.256 e. The summed E-state index contributed by atoms with van der Waals surface area (Å²) in [4.78, 5) is 9.35. The molecule has 0 spiro atoms. The van der Waals surface area contributed by atoms with Crippen molar-refractivity contribution in [2.24, 2.45) is 0 Å². The number of aryl methyl sites for hydroxylation is 1. The van der Waals surface area contributed by atoms with Crippen molar-refractivity contribution in [2.75, 3.05) is 0 Å². The van der Waals surface area contributed by atoms with Crippen molar-refractivity contribution < 1.29 is 0 Å². The lowest BCUT2D eigenvalue weighted by molar-refractivity contribution is 1.14. The third-order valence-electron chi connectivity index (χ3n) is 6.54. The molecule has 2 heterocycles. The number of rotatable bonds is 4. The smallest absolute Gasteiger partial charge is 0.0795 e. The first kappa shape index (κ1) is 20.3. The Balaban J connectivity index is 1.32. The molecule has 0 aliphatic carbocycles. The summed E-state index contributed by atoms with van der Waals surface area (Å²) in [6, 6.07) is 36.7. The van der Waals surface area contributed by atoms with Gasteiger partial charge in [-0.05, 0) is 63.7 Å². The lowest BCUT2D eigenvalue weighted by atomic mass is 9.97. The second-order valence-electron chi connectivity index (χ2n) is 8.64. The van der Waals surface area contributed by atoms with Crippen LogP contribution in [-0.2, 0) is 6.42 Å². The van der Waals surface area contributed by atoms with E-state index in [2.05, 4.69) is 109 Å². The van der Waals surface area contributed by atoms with Crippen LogP contribution >= 0.6 is 0 Å². The molecule has 0 amide bonds. The van der Waals surface area contributed by atoms with E-state index in [1.807, 2.05) is 18.5 Å². The summed E-state index contributed by atoms with van der Waals surface area (Å²) in [7, 11) is 0. The Kier molecular flexibility index (Phi) is 5.12. The van der Waals surface area contributed by atoms with Gasteiger partial charge in [-0.3, -0.25) is 9.97 Å². The number of hydrogen-bond acceptors (Lipinski definition) is 2. The molecule has 0 N–H and O–H groups in total. The van der Waals surface area contributed by atoms with Crippen molar-refractivity contribution in [2.45, 2.75) is 13.3 Å². The number of aromatic nitrogens is 2. The first-order valence-electron chi connectivity index (χ1n) is 11.7. The van der Waals surface area contributed by atoms with Gasteiger partial charge < -0.3 is 0 Å². The minimum absolute atomic E-state index is 0.938.